The third-order valence-electron chi connectivity index (χ3n) is 4.09. The summed E-state index contributed by atoms with van der Waals surface area (Å²) in [5.74, 6) is 1.29. The maximum Gasteiger partial charge on any atom is 0.0459 e. The molecular formula is C16H24O. The molecule has 1 nitrogen and oxygen atoms in total. The van der Waals surface area contributed by atoms with Crippen molar-refractivity contribution in [3.8, 4) is 0 Å². The van der Waals surface area contributed by atoms with Crippen LogP contribution >= 0.6 is 0 Å². The average molecular weight is 232 g/mol. The Bertz CT molecular complexity index is 320. The van der Waals surface area contributed by atoms with Gasteiger partial charge in [-0.2, -0.15) is 0 Å². The molecular weight excluding hydrogens is 208 g/mol. The van der Waals surface area contributed by atoms with Gasteiger partial charge < -0.3 is 5.11 Å². The fourth-order valence-corrected chi connectivity index (χ4v) is 2.92. The van der Waals surface area contributed by atoms with Crippen molar-refractivity contribution in [3.63, 3.8) is 0 Å². The molecule has 1 aromatic rings. The molecule has 1 fully saturated rings. The van der Waals surface area contributed by atoms with E-state index in [9.17, 15) is 0 Å². The van der Waals surface area contributed by atoms with Crippen molar-refractivity contribution in [3.05, 3.63) is 35.4 Å². The van der Waals surface area contributed by atoms with Crippen LogP contribution in [0.1, 0.15) is 56.1 Å². The first-order chi connectivity index (χ1) is 8.33. The highest BCUT2D eigenvalue weighted by Crippen LogP contribution is 2.35. The van der Waals surface area contributed by atoms with Crippen molar-refractivity contribution >= 4 is 0 Å². The summed E-state index contributed by atoms with van der Waals surface area (Å²) in [4.78, 5) is 0. The normalized spacial score (nSPS) is 24.8. The van der Waals surface area contributed by atoms with Gasteiger partial charge in [0.25, 0.3) is 0 Å². The zero-order valence-electron chi connectivity index (χ0n) is 10.9. The van der Waals surface area contributed by atoms with Crippen LogP contribution in [0.15, 0.2) is 24.3 Å². The third-order valence-corrected chi connectivity index (χ3v) is 4.09. The molecule has 2 rings (SSSR count). The van der Waals surface area contributed by atoms with Crippen LogP contribution < -0.4 is 0 Å². The summed E-state index contributed by atoms with van der Waals surface area (Å²) in [5.41, 5.74) is 2.96. The Hall–Kier alpha value is -0.820. The molecule has 0 saturated heterocycles. The minimum absolute atomic E-state index is 0.377. The number of hydrogen-bond acceptors (Lipinski definition) is 1. The Labute approximate surface area is 105 Å². The van der Waals surface area contributed by atoms with Crippen LogP contribution in [-0.2, 0) is 6.42 Å². The Morgan fingerprint density at radius 1 is 1.06 bits per heavy atom. The average Bonchev–Trinajstić information content (AvgIpc) is 2.40. The zero-order chi connectivity index (χ0) is 12.1. The molecule has 0 aromatic heterocycles. The molecule has 0 amide bonds. The van der Waals surface area contributed by atoms with E-state index in [1.54, 1.807) is 0 Å². The van der Waals surface area contributed by atoms with Crippen molar-refractivity contribution < 1.29 is 5.11 Å². The predicted octanol–water partition coefficient (Wildman–Crippen LogP) is 3.91. The summed E-state index contributed by atoms with van der Waals surface area (Å²) in [6, 6.07) is 9.21. The van der Waals surface area contributed by atoms with Crippen LogP contribution in [0.25, 0.3) is 0 Å². The number of aryl methyl sites for hydroxylation is 1. The topological polar surface area (TPSA) is 20.2 Å². The SMILES string of the molecule is CCCc1ccc(C2CCC(CO)CC2)cc1. The summed E-state index contributed by atoms with van der Waals surface area (Å²) < 4.78 is 0. The van der Waals surface area contributed by atoms with E-state index in [1.807, 2.05) is 0 Å². The van der Waals surface area contributed by atoms with Gasteiger partial charge in [-0.25, -0.2) is 0 Å². The smallest absolute Gasteiger partial charge is 0.0459 e. The van der Waals surface area contributed by atoms with Crippen LogP contribution in [0.3, 0.4) is 0 Å². The van der Waals surface area contributed by atoms with Crippen LogP contribution in [0.2, 0.25) is 0 Å². The predicted molar refractivity (Wildman–Crippen MR) is 72.2 cm³/mol. The van der Waals surface area contributed by atoms with Gasteiger partial charge >= 0.3 is 0 Å². The second-order valence-electron chi connectivity index (χ2n) is 5.39. The van der Waals surface area contributed by atoms with Crippen LogP contribution in [-0.4, -0.2) is 11.7 Å². The van der Waals surface area contributed by atoms with Crippen molar-refractivity contribution in [2.24, 2.45) is 5.92 Å². The molecule has 17 heavy (non-hydrogen) atoms. The third kappa shape index (κ3) is 3.32. The van der Waals surface area contributed by atoms with Gasteiger partial charge in [-0.3, -0.25) is 0 Å². The first-order valence-corrected chi connectivity index (χ1v) is 7.03. The molecule has 1 aliphatic rings. The van der Waals surface area contributed by atoms with Gasteiger partial charge in [0.2, 0.25) is 0 Å². The van der Waals surface area contributed by atoms with Crippen LogP contribution in [0.4, 0.5) is 0 Å². The summed E-state index contributed by atoms with van der Waals surface area (Å²) in [6.07, 6.45) is 7.30. The Morgan fingerprint density at radius 2 is 1.71 bits per heavy atom. The first kappa shape index (κ1) is 12.6. The van der Waals surface area contributed by atoms with Gasteiger partial charge in [0.1, 0.15) is 0 Å². The molecule has 1 aliphatic carbocycles. The molecule has 1 aromatic carbocycles. The largest absolute Gasteiger partial charge is 0.396 e. The van der Waals surface area contributed by atoms with Crippen molar-refractivity contribution in [1.29, 1.82) is 0 Å². The molecule has 0 atom stereocenters. The number of aliphatic hydroxyl groups is 1. The number of rotatable bonds is 4. The van der Waals surface area contributed by atoms with Gasteiger partial charge in [0, 0.05) is 6.61 Å². The minimum Gasteiger partial charge on any atom is -0.396 e. The summed E-state index contributed by atoms with van der Waals surface area (Å²) in [5, 5.41) is 9.14. The van der Waals surface area contributed by atoms with Crippen LogP contribution in [0.5, 0.6) is 0 Å². The lowest BCUT2D eigenvalue weighted by atomic mass is 9.79. The van der Waals surface area contributed by atoms with Gasteiger partial charge in [0.05, 0.1) is 0 Å². The van der Waals surface area contributed by atoms with E-state index in [-0.39, 0.29) is 0 Å². The molecule has 1 saturated carbocycles. The molecule has 0 heterocycles. The van der Waals surface area contributed by atoms with Crippen molar-refractivity contribution in [2.75, 3.05) is 6.61 Å². The van der Waals surface area contributed by atoms with E-state index >= 15 is 0 Å². The summed E-state index contributed by atoms with van der Waals surface area (Å²) >= 11 is 0. The maximum atomic E-state index is 9.14. The van der Waals surface area contributed by atoms with Gasteiger partial charge in [-0.1, -0.05) is 37.6 Å². The Morgan fingerprint density at radius 3 is 2.24 bits per heavy atom. The fraction of sp³-hybridized carbons (Fsp3) is 0.625. The first-order valence-electron chi connectivity index (χ1n) is 7.03. The lowest BCUT2D eigenvalue weighted by Gasteiger charge is -2.27. The molecule has 0 aliphatic heterocycles. The molecule has 0 spiro atoms. The number of benzene rings is 1. The van der Waals surface area contributed by atoms with Gasteiger partial charge in [-0.15, -0.1) is 0 Å². The summed E-state index contributed by atoms with van der Waals surface area (Å²) in [7, 11) is 0. The Kier molecular flexibility index (Phi) is 4.61. The molecule has 0 unspecified atom stereocenters. The van der Waals surface area contributed by atoms with E-state index in [2.05, 4.69) is 31.2 Å². The van der Waals surface area contributed by atoms with E-state index < -0.39 is 0 Å². The highest BCUT2D eigenvalue weighted by Gasteiger charge is 2.21. The van der Waals surface area contributed by atoms with Crippen LogP contribution in [0, 0.1) is 5.92 Å². The number of hydrogen-bond donors (Lipinski definition) is 1. The van der Waals surface area contributed by atoms with E-state index in [4.69, 9.17) is 5.11 Å². The minimum atomic E-state index is 0.377. The lowest BCUT2D eigenvalue weighted by molar-refractivity contribution is 0.182. The highest BCUT2D eigenvalue weighted by atomic mass is 16.3. The fourth-order valence-electron chi connectivity index (χ4n) is 2.92. The van der Waals surface area contributed by atoms with E-state index in [0.717, 1.165) is 5.92 Å². The second-order valence-corrected chi connectivity index (χ2v) is 5.39. The highest BCUT2D eigenvalue weighted by molar-refractivity contribution is 5.25. The lowest BCUT2D eigenvalue weighted by Crippen LogP contribution is -2.16. The summed E-state index contributed by atoms with van der Waals surface area (Å²) in [6.45, 7) is 2.60. The molecule has 0 radical (unpaired) electrons. The second kappa shape index (κ2) is 6.20. The molecule has 1 heteroatoms. The molecule has 0 bridgehead atoms. The Balaban J connectivity index is 1.94. The molecule has 1 N–H and O–H groups in total. The van der Waals surface area contributed by atoms with Gasteiger partial charge in [0.15, 0.2) is 0 Å². The van der Waals surface area contributed by atoms with Crippen molar-refractivity contribution in [2.45, 2.75) is 51.4 Å². The van der Waals surface area contributed by atoms with Gasteiger partial charge in [-0.05, 0) is 55.1 Å². The monoisotopic (exact) mass is 232 g/mol. The van der Waals surface area contributed by atoms with E-state index in [0.29, 0.717) is 12.5 Å². The standard InChI is InChI=1S/C16H24O/c1-2-3-13-4-8-15(9-5-13)16-10-6-14(12-17)7-11-16/h4-5,8-9,14,16-17H,2-3,6-7,10-12H2,1H3. The quantitative estimate of drug-likeness (QED) is 0.834. The zero-order valence-corrected chi connectivity index (χ0v) is 10.9. The molecule has 94 valence electrons. The maximum absolute atomic E-state index is 9.14. The van der Waals surface area contributed by atoms with E-state index in [1.165, 1.54) is 49.7 Å². The number of aliphatic hydroxyl groups excluding tert-OH is 1. The van der Waals surface area contributed by atoms with Crippen molar-refractivity contribution in [1.82, 2.24) is 0 Å².